The van der Waals surface area contributed by atoms with Crippen molar-refractivity contribution in [2.24, 2.45) is 0 Å². The standard InChI is InChI=1S/C14H28N2O2S/c1-3-9-16-10-7-12(8-11-16)15-13-5-4-6-14(13)19(2,17)18/h12-15H,3-11H2,1-2H3. The number of nitrogens with zero attached hydrogens (tertiary/aromatic N) is 1. The fourth-order valence-corrected chi connectivity index (χ4v) is 4.98. The van der Waals surface area contributed by atoms with Crippen molar-refractivity contribution < 1.29 is 8.42 Å². The minimum absolute atomic E-state index is 0.152. The molecule has 2 atom stereocenters. The topological polar surface area (TPSA) is 49.4 Å². The molecule has 2 fully saturated rings. The van der Waals surface area contributed by atoms with Gasteiger partial charge in [-0.1, -0.05) is 13.3 Å². The summed E-state index contributed by atoms with van der Waals surface area (Å²) in [5.41, 5.74) is 0. The third-order valence-corrected chi connectivity index (χ3v) is 6.24. The molecule has 0 aromatic carbocycles. The molecular formula is C14H28N2O2S. The highest BCUT2D eigenvalue weighted by Crippen LogP contribution is 2.26. The van der Waals surface area contributed by atoms with Gasteiger partial charge in [-0.15, -0.1) is 0 Å². The Morgan fingerprint density at radius 2 is 1.84 bits per heavy atom. The van der Waals surface area contributed by atoms with Gasteiger partial charge < -0.3 is 10.2 Å². The van der Waals surface area contributed by atoms with Crippen LogP contribution in [0.4, 0.5) is 0 Å². The number of rotatable bonds is 5. The van der Waals surface area contributed by atoms with Crippen molar-refractivity contribution in [1.29, 1.82) is 0 Å². The summed E-state index contributed by atoms with van der Waals surface area (Å²) in [6, 6.07) is 0.707. The third kappa shape index (κ3) is 4.17. The van der Waals surface area contributed by atoms with E-state index in [0.717, 1.165) is 45.2 Å². The van der Waals surface area contributed by atoms with E-state index in [2.05, 4.69) is 17.1 Å². The SMILES string of the molecule is CCCN1CCC(NC2CCCC2S(C)(=O)=O)CC1. The number of piperidine rings is 1. The van der Waals surface area contributed by atoms with E-state index in [4.69, 9.17) is 0 Å². The summed E-state index contributed by atoms with van der Waals surface area (Å²) >= 11 is 0. The van der Waals surface area contributed by atoms with Gasteiger partial charge in [0.15, 0.2) is 9.84 Å². The lowest BCUT2D eigenvalue weighted by Crippen LogP contribution is -2.49. The van der Waals surface area contributed by atoms with Crippen LogP contribution >= 0.6 is 0 Å². The first-order chi connectivity index (χ1) is 9.00. The van der Waals surface area contributed by atoms with Crippen LogP contribution in [0.1, 0.15) is 45.4 Å². The molecule has 5 heteroatoms. The molecule has 0 amide bonds. The van der Waals surface area contributed by atoms with E-state index < -0.39 is 9.84 Å². The molecule has 112 valence electrons. The normalized spacial score (nSPS) is 30.8. The lowest BCUT2D eigenvalue weighted by molar-refractivity contribution is 0.191. The Morgan fingerprint density at radius 1 is 1.16 bits per heavy atom. The van der Waals surface area contributed by atoms with Gasteiger partial charge in [0.05, 0.1) is 5.25 Å². The van der Waals surface area contributed by atoms with Gasteiger partial charge in [0.25, 0.3) is 0 Å². The Bertz CT molecular complexity index is 375. The molecule has 1 aliphatic heterocycles. The molecule has 0 aromatic rings. The highest BCUT2D eigenvalue weighted by atomic mass is 32.2. The first kappa shape index (κ1) is 15.3. The molecule has 2 rings (SSSR count). The second-order valence-electron chi connectivity index (χ2n) is 6.19. The minimum Gasteiger partial charge on any atom is -0.310 e. The summed E-state index contributed by atoms with van der Waals surface area (Å²) in [5.74, 6) is 0. The number of hydrogen-bond acceptors (Lipinski definition) is 4. The predicted molar refractivity (Wildman–Crippen MR) is 79.2 cm³/mol. The highest BCUT2D eigenvalue weighted by Gasteiger charge is 2.36. The fourth-order valence-electron chi connectivity index (χ4n) is 3.57. The number of likely N-dealkylation sites (tertiary alicyclic amines) is 1. The average Bonchev–Trinajstić information content (AvgIpc) is 2.80. The molecule has 19 heavy (non-hydrogen) atoms. The van der Waals surface area contributed by atoms with Crippen molar-refractivity contribution in [1.82, 2.24) is 10.2 Å². The summed E-state index contributed by atoms with van der Waals surface area (Å²) in [6.45, 7) is 5.73. The van der Waals surface area contributed by atoms with Crippen LogP contribution < -0.4 is 5.32 Å². The summed E-state index contributed by atoms with van der Waals surface area (Å²) < 4.78 is 23.5. The molecule has 0 bridgehead atoms. The molecule has 4 nitrogen and oxygen atoms in total. The van der Waals surface area contributed by atoms with Gasteiger partial charge in [-0.25, -0.2) is 8.42 Å². The van der Waals surface area contributed by atoms with E-state index in [9.17, 15) is 8.42 Å². The largest absolute Gasteiger partial charge is 0.310 e. The van der Waals surface area contributed by atoms with Gasteiger partial charge in [-0.3, -0.25) is 0 Å². The van der Waals surface area contributed by atoms with Gasteiger partial charge in [0, 0.05) is 18.3 Å². The molecule has 2 unspecified atom stereocenters. The highest BCUT2D eigenvalue weighted by molar-refractivity contribution is 7.91. The lowest BCUT2D eigenvalue weighted by atomic mass is 10.0. The first-order valence-electron chi connectivity index (χ1n) is 7.68. The predicted octanol–water partition coefficient (Wildman–Crippen LogP) is 1.42. The fraction of sp³-hybridized carbons (Fsp3) is 1.00. The van der Waals surface area contributed by atoms with Crippen LogP contribution in [-0.4, -0.2) is 56.5 Å². The molecule has 1 heterocycles. The van der Waals surface area contributed by atoms with E-state index >= 15 is 0 Å². The van der Waals surface area contributed by atoms with Crippen molar-refractivity contribution in [2.75, 3.05) is 25.9 Å². The molecule has 2 aliphatic rings. The van der Waals surface area contributed by atoms with Crippen LogP contribution in [0.2, 0.25) is 0 Å². The van der Waals surface area contributed by atoms with Crippen LogP contribution in [0.25, 0.3) is 0 Å². The van der Waals surface area contributed by atoms with Crippen LogP contribution in [-0.2, 0) is 9.84 Å². The van der Waals surface area contributed by atoms with Crippen LogP contribution in [0.15, 0.2) is 0 Å². The van der Waals surface area contributed by atoms with Crippen LogP contribution in [0.3, 0.4) is 0 Å². The second kappa shape index (κ2) is 6.55. The van der Waals surface area contributed by atoms with Crippen LogP contribution in [0.5, 0.6) is 0 Å². The van der Waals surface area contributed by atoms with Gasteiger partial charge >= 0.3 is 0 Å². The Balaban J connectivity index is 1.82. The van der Waals surface area contributed by atoms with Gasteiger partial charge in [-0.2, -0.15) is 0 Å². The second-order valence-corrected chi connectivity index (χ2v) is 8.45. The zero-order chi connectivity index (χ0) is 13.9. The Morgan fingerprint density at radius 3 is 2.42 bits per heavy atom. The van der Waals surface area contributed by atoms with E-state index in [-0.39, 0.29) is 11.3 Å². The summed E-state index contributed by atoms with van der Waals surface area (Å²) in [4.78, 5) is 2.51. The summed E-state index contributed by atoms with van der Waals surface area (Å²) in [5, 5.41) is 3.48. The first-order valence-corrected chi connectivity index (χ1v) is 9.63. The molecule has 1 aliphatic carbocycles. The Kier molecular flexibility index (Phi) is 5.26. The maximum absolute atomic E-state index is 11.8. The van der Waals surface area contributed by atoms with Gasteiger partial charge in [0.2, 0.25) is 0 Å². The quantitative estimate of drug-likeness (QED) is 0.831. The molecule has 0 aromatic heterocycles. The van der Waals surface area contributed by atoms with Crippen molar-refractivity contribution in [3.63, 3.8) is 0 Å². The number of nitrogens with one attached hydrogen (secondary N) is 1. The monoisotopic (exact) mass is 288 g/mol. The Labute approximate surface area is 117 Å². The Hall–Kier alpha value is -0.130. The van der Waals surface area contributed by atoms with E-state index in [0.29, 0.717) is 6.04 Å². The zero-order valence-corrected chi connectivity index (χ0v) is 13.1. The van der Waals surface area contributed by atoms with E-state index in [1.54, 1.807) is 0 Å². The minimum atomic E-state index is -2.89. The van der Waals surface area contributed by atoms with Gasteiger partial charge in [0.1, 0.15) is 0 Å². The third-order valence-electron chi connectivity index (χ3n) is 4.58. The van der Waals surface area contributed by atoms with Crippen molar-refractivity contribution in [3.05, 3.63) is 0 Å². The molecule has 1 N–H and O–H groups in total. The van der Waals surface area contributed by atoms with E-state index in [1.807, 2.05) is 0 Å². The number of sulfone groups is 1. The smallest absolute Gasteiger partial charge is 0.151 e. The van der Waals surface area contributed by atoms with Crippen molar-refractivity contribution in [3.8, 4) is 0 Å². The molecule has 0 radical (unpaired) electrons. The van der Waals surface area contributed by atoms with Crippen LogP contribution in [0, 0.1) is 0 Å². The lowest BCUT2D eigenvalue weighted by Gasteiger charge is -2.34. The molecule has 1 saturated heterocycles. The van der Waals surface area contributed by atoms with Gasteiger partial charge in [-0.05, 0) is 51.7 Å². The zero-order valence-electron chi connectivity index (χ0n) is 12.3. The average molecular weight is 288 g/mol. The molecular weight excluding hydrogens is 260 g/mol. The molecule has 1 saturated carbocycles. The summed E-state index contributed by atoms with van der Waals surface area (Å²) in [7, 11) is -2.89. The van der Waals surface area contributed by atoms with Crippen molar-refractivity contribution >= 4 is 9.84 Å². The maximum Gasteiger partial charge on any atom is 0.151 e. The summed E-state index contributed by atoms with van der Waals surface area (Å²) in [6.07, 6.45) is 7.83. The maximum atomic E-state index is 11.8. The molecule has 0 spiro atoms. The number of hydrogen-bond donors (Lipinski definition) is 1. The van der Waals surface area contributed by atoms with E-state index in [1.165, 1.54) is 19.2 Å². The van der Waals surface area contributed by atoms with Crippen molar-refractivity contribution in [2.45, 2.75) is 62.8 Å².